The molecule has 1 aliphatic rings. The lowest BCUT2D eigenvalue weighted by Crippen LogP contribution is -2.12. The van der Waals surface area contributed by atoms with Gasteiger partial charge in [-0.15, -0.1) is 0 Å². The molecule has 0 bridgehead atoms. The Labute approximate surface area is 110 Å². The van der Waals surface area contributed by atoms with E-state index in [1.165, 1.54) is 6.07 Å². The summed E-state index contributed by atoms with van der Waals surface area (Å²) in [7, 11) is 1.55. The molecule has 0 aliphatic heterocycles. The van der Waals surface area contributed by atoms with Gasteiger partial charge in [0.15, 0.2) is 5.78 Å². The summed E-state index contributed by atoms with van der Waals surface area (Å²) in [6.45, 7) is 0. The minimum atomic E-state index is -0.322. The van der Waals surface area contributed by atoms with Gasteiger partial charge in [-0.2, -0.15) is 0 Å². The fourth-order valence-corrected chi connectivity index (χ4v) is 2.55. The molecule has 19 heavy (non-hydrogen) atoms. The summed E-state index contributed by atoms with van der Waals surface area (Å²) in [6.07, 6.45) is 3.95. The van der Waals surface area contributed by atoms with E-state index in [1.54, 1.807) is 36.1 Å². The van der Waals surface area contributed by atoms with E-state index in [0.29, 0.717) is 23.4 Å². The molecule has 0 atom stereocenters. The van der Waals surface area contributed by atoms with E-state index in [2.05, 4.69) is 0 Å². The molecule has 0 N–H and O–H groups in total. The van der Waals surface area contributed by atoms with Crippen LogP contribution in [0.4, 0.5) is 4.39 Å². The molecule has 3 rings (SSSR count). The van der Waals surface area contributed by atoms with E-state index in [4.69, 9.17) is 4.74 Å². The molecular formula is C15H14FNO2. The topological polar surface area (TPSA) is 31.2 Å². The number of rotatable bonds is 2. The van der Waals surface area contributed by atoms with Crippen molar-refractivity contribution < 1.29 is 13.9 Å². The Balaban J connectivity index is 2.15. The van der Waals surface area contributed by atoms with Gasteiger partial charge in [-0.25, -0.2) is 4.39 Å². The highest BCUT2D eigenvalue weighted by atomic mass is 19.1. The number of nitrogens with zero attached hydrogens (tertiary/aromatic N) is 1. The fourth-order valence-electron chi connectivity index (χ4n) is 2.55. The van der Waals surface area contributed by atoms with Crippen LogP contribution in [0.5, 0.6) is 5.75 Å². The van der Waals surface area contributed by atoms with Crippen molar-refractivity contribution in [2.24, 2.45) is 0 Å². The summed E-state index contributed by atoms with van der Waals surface area (Å²) < 4.78 is 20.9. The van der Waals surface area contributed by atoms with Gasteiger partial charge in [-0.1, -0.05) is 0 Å². The number of carbonyl (C=O) groups excluding carboxylic acids is 1. The number of hydrogen-bond acceptors (Lipinski definition) is 2. The first kappa shape index (κ1) is 12.0. The summed E-state index contributed by atoms with van der Waals surface area (Å²) in [6, 6.07) is 6.38. The van der Waals surface area contributed by atoms with Gasteiger partial charge >= 0.3 is 0 Å². The van der Waals surface area contributed by atoms with Crippen molar-refractivity contribution >= 4 is 5.78 Å². The van der Waals surface area contributed by atoms with Crippen molar-refractivity contribution in [2.45, 2.75) is 19.3 Å². The number of ketones is 1. The van der Waals surface area contributed by atoms with Crippen LogP contribution in [0.1, 0.15) is 28.9 Å². The molecule has 1 aromatic heterocycles. The van der Waals surface area contributed by atoms with E-state index < -0.39 is 0 Å². The first-order valence-corrected chi connectivity index (χ1v) is 6.28. The van der Waals surface area contributed by atoms with Crippen LogP contribution in [-0.2, 0) is 6.42 Å². The minimum Gasteiger partial charge on any atom is -0.497 e. The van der Waals surface area contributed by atoms with Gasteiger partial charge in [0.25, 0.3) is 0 Å². The third-order valence-electron chi connectivity index (χ3n) is 3.52. The number of halogens is 1. The van der Waals surface area contributed by atoms with E-state index in [0.717, 1.165) is 18.5 Å². The zero-order valence-electron chi connectivity index (χ0n) is 10.6. The third kappa shape index (κ3) is 1.93. The molecule has 0 amide bonds. The van der Waals surface area contributed by atoms with Crippen LogP contribution in [0.3, 0.4) is 0 Å². The van der Waals surface area contributed by atoms with Crippen molar-refractivity contribution in [2.75, 3.05) is 7.11 Å². The Bertz CT molecular complexity index is 646. The number of carbonyl (C=O) groups is 1. The monoisotopic (exact) mass is 259 g/mol. The van der Waals surface area contributed by atoms with Gasteiger partial charge in [0.1, 0.15) is 11.6 Å². The van der Waals surface area contributed by atoms with Gasteiger partial charge in [0.05, 0.1) is 12.8 Å². The second kappa shape index (κ2) is 4.53. The quantitative estimate of drug-likeness (QED) is 0.829. The molecule has 1 heterocycles. The van der Waals surface area contributed by atoms with Crippen molar-refractivity contribution in [3.63, 3.8) is 0 Å². The number of ether oxygens (including phenoxy) is 1. The number of Topliss-reactive ketones (excluding diaryl/α,β-unsaturated/α-hetero) is 1. The standard InChI is InChI=1S/C15H14FNO2/c1-19-10-5-6-12(16)14(9-10)17-8-7-11-13(17)3-2-4-15(11)18/h5-9H,2-4H2,1H3. The van der Waals surface area contributed by atoms with Crippen LogP contribution < -0.4 is 4.74 Å². The Kier molecular flexibility index (Phi) is 2.85. The second-order valence-corrected chi connectivity index (χ2v) is 4.64. The van der Waals surface area contributed by atoms with E-state index in [9.17, 15) is 9.18 Å². The van der Waals surface area contributed by atoms with Crippen LogP contribution in [0.25, 0.3) is 5.69 Å². The zero-order chi connectivity index (χ0) is 13.4. The number of benzene rings is 1. The molecule has 0 spiro atoms. The number of fused-ring (bicyclic) bond motifs is 1. The maximum Gasteiger partial charge on any atom is 0.164 e. The van der Waals surface area contributed by atoms with Crippen molar-refractivity contribution in [3.05, 3.63) is 47.5 Å². The molecular weight excluding hydrogens is 245 g/mol. The van der Waals surface area contributed by atoms with Crippen molar-refractivity contribution in [1.82, 2.24) is 4.57 Å². The van der Waals surface area contributed by atoms with Gasteiger partial charge < -0.3 is 9.30 Å². The summed E-state index contributed by atoms with van der Waals surface area (Å²) >= 11 is 0. The Hall–Kier alpha value is -2.10. The normalized spacial score (nSPS) is 14.3. The Morgan fingerprint density at radius 3 is 2.89 bits per heavy atom. The van der Waals surface area contributed by atoms with Crippen LogP contribution in [0.2, 0.25) is 0 Å². The van der Waals surface area contributed by atoms with Crippen LogP contribution in [0.15, 0.2) is 30.5 Å². The SMILES string of the molecule is COc1ccc(F)c(-n2ccc3c2CCCC3=O)c1. The van der Waals surface area contributed by atoms with Crippen molar-refractivity contribution in [1.29, 1.82) is 0 Å². The Morgan fingerprint density at radius 1 is 1.26 bits per heavy atom. The number of hydrogen-bond donors (Lipinski definition) is 0. The number of aromatic nitrogens is 1. The molecule has 0 radical (unpaired) electrons. The lowest BCUT2D eigenvalue weighted by molar-refractivity contribution is 0.0972. The third-order valence-corrected chi connectivity index (χ3v) is 3.52. The van der Waals surface area contributed by atoms with Crippen molar-refractivity contribution in [3.8, 4) is 11.4 Å². The molecule has 0 unspecified atom stereocenters. The molecule has 0 saturated heterocycles. The predicted octanol–water partition coefficient (Wildman–Crippen LogP) is 3.14. The van der Waals surface area contributed by atoms with E-state index in [1.807, 2.05) is 0 Å². The summed E-state index contributed by atoms with van der Waals surface area (Å²) in [5.41, 5.74) is 2.03. The average molecular weight is 259 g/mol. The van der Waals surface area contributed by atoms with E-state index in [-0.39, 0.29) is 11.6 Å². The highest BCUT2D eigenvalue weighted by Gasteiger charge is 2.22. The van der Waals surface area contributed by atoms with Crippen LogP contribution >= 0.6 is 0 Å². The lowest BCUT2D eigenvalue weighted by atomic mass is 9.97. The molecule has 1 aromatic carbocycles. The van der Waals surface area contributed by atoms with Gasteiger partial charge in [-0.05, 0) is 31.0 Å². The molecule has 0 fully saturated rings. The van der Waals surface area contributed by atoms with Gasteiger partial charge in [0.2, 0.25) is 0 Å². The Morgan fingerprint density at radius 2 is 2.11 bits per heavy atom. The second-order valence-electron chi connectivity index (χ2n) is 4.64. The van der Waals surface area contributed by atoms with Gasteiger partial charge in [0, 0.05) is 29.9 Å². The first-order valence-electron chi connectivity index (χ1n) is 6.28. The maximum absolute atomic E-state index is 14.0. The summed E-state index contributed by atoms with van der Waals surface area (Å²) in [5.74, 6) is 0.418. The van der Waals surface area contributed by atoms with Crippen LogP contribution in [0, 0.1) is 5.82 Å². The van der Waals surface area contributed by atoms with E-state index >= 15 is 0 Å². The molecule has 0 saturated carbocycles. The smallest absolute Gasteiger partial charge is 0.164 e. The summed E-state index contributed by atoms with van der Waals surface area (Å²) in [4.78, 5) is 11.8. The molecule has 2 aromatic rings. The number of methoxy groups -OCH3 is 1. The largest absolute Gasteiger partial charge is 0.497 e. The zero-order valence-corrected chi connectivity index (χ0v) is 10.6. The highest BCUT2D eigenvalue weighted by molar-refractivity contribution is 5.98. The van der Waals surface area contributed by atoms with Gasteiger partial charge in [-0.3, -0.25) is 4.79 Å². The average Bonchev–Trinajstić information content (AvgIpc) is 2.85. The maximum atomic E-state index is 14.0. The highest BCUT2D eigenvalue weighted by Crippen LogP contribution is 2.28. The summed E-state index contributed by atoms with van der Waals surface area (Å²) in [5, 5.41) is 0. The minimum absolute atomic E-state index is 0.142. The predicted molar refractivity (Wildman–Crippen MR) is 69.5 cm³/mol. The molecule has 4 heteroatoms. The molecule has 1 aliphatic carbocycles. The molecule has 3 nitrogen and oxygen atoms in total. The first-order chi connectivity index (χ1) is 9.20. The van der Waals surface area contributed by atoms with Crippen LogP contribution in [-0.4, -0.2) is 17.5 Å². The fraction of sp³-hybridized carbons (Fsp3) is 0.267. The molecule has 98 valence electrons. The lowest BCUT2D eigenvalue weighted by Gasteiger charge is -2.16.